The summed E-state index contributed by atoms with van der Waals surface area (Å²) < 4.78 is 0. The zero-order valence-electron chi connectivity index (χ0n) is 13.7. The van der Waals surface area contributed by atoms with Gasteiger partial charge in [0.05, 0.1) is 17.5 Å². The van der Waals surface area contributed by atoms with Crippen molar-refractivity contribution in [1.82, 2.24) is 25.2 Å². The molecule has 0 saturated carbocycles. The minimum atomic E-state index is -0.847. The number of amidine groups is 1. The number of aromatic nitrogens is 3. The van der Waals surface area contributed by atoms with Crippen LogP contribution in [0.3, 0.4) is 0 Å². The van der Waals surface area contributed by atoms with E-state index in [9.17, 15) is 0 Å². The van der Waals surface area contributed by atoms with E-state index in [1.54, 1.807) is 6.20 Å². The van der Waals surface area contributed by atoms with Crippen molar-refractivity contribution in [3.8, 4) is 0 Å². The number of H-pyrrole nitrogens is 1. The van der Waals surface area contributed by atoms with Crippen LogP contribution >= 0.6 is 0 Å². The van der Waals surface area contributed by atoms with E-state index in [-0.39, 0.29) is 5.92 Å². The molecule has 24 heavy (non-hydrogen) atoms. The molecule has 0 amide bonds. The Bertz CT molecular complexity index is 814. The fourth-order valence-electron chi connectivity index (χ4n) is 3.38. The highest BCUT2D eigenvalue weighted by Gasteiger charge is 2.38. The molecule has 1 saturated heterocycles. The van der Waals surface area contributed by atoms with Crippen LogP contribution in [0, 0.1) is 5.92 Å². The summed E-state index contributed by atoms with van der Waals surface area (Å²) in [4.78, 5) is 18.8. The minimum absolute atomic E-state index is 0.253. The van der Waals surface area contributed by atoms with E-state index in [1.165, 1.54) is 0 Å². The smallest absolute Gasteiger partial charge is 0.187 e. The Hall–Kier alpha value is -2.45. The third-order valence-corrected chi connectivity index (χ3v) is 4.91. The number of aliphatic imine (C=N–C) groups is 1. The van der Waals surface area contributed by atoms with Crippen molar-refractivity contribution >= 4 is 22.6 Å². The lowest BCUT2D eigenvalue weighted by Gasteiger charge is -2.41. The van der Waals surface area contributed by atoms with E-state index in [0.717, 1.165) is 42.7 Å². The van der Waals surface area contributed by atoms with Gasteiger partial charge in [-0.2, -0.15) is 0 Å². The van der Waals surface area contributed by atoms with Gasteiger partial charge in [0, 0.05) is 18.3 Å². The Labute approximate surface area is 140 Å². The van der Waals surface area contributed by atoms with Crippen molar-refractivity contribution in [2.75, 3.05) is 20.1 Å². The molecule has 8 heteroatoms. The topological polar surface area (TPSA) is 121 Å². The lowest BCUT2D eigenvalue weighted by molar-refractivity contribution is 0.138. The Morgan fingerprint density at radius 1 is 1.33 bits per heavy atom. The fourth-order valence-corrected chi connectivity index (χ4v) is 3.38. The van der Waals surface area contributed by atoms with Crippen molar-refractivity contribution in [1.29, 1.82) is 0 Å². The molecule has 2 aliphatic rings. The van der Waals surface area contributed by atoms with Gasteiger partial charge in [0.2, 0.25) is 0 Å². The van der Waals surface area contributed by atoms with Crippen molar-refractivity contribution in [2.24, 2.45) is 22.4 Å². The molecule has 0 spiro atoms. The van der Waals surface area contributed by atoms with Gasteiger partial charge in [0.15, 0.2) is 11.4 Å². The molecule has 2 aromatic heterocycles. The van der Waals surface area contributed by atoms with Crippen LogP contribution in [0.2, 0.25) is 0 Å². The zero-order valence-corrected chi connectivity index (χ0v) is 13.7. The number of nitrogens with zero attached hydrogens (tertiary/aromatic N) is 4. The maximum atomic E-state index is 6.50. The van der Waals surface area contributed by atoms with Crippen LogP contribution in [-0.4, -0.2) is 51.6 Å². The molecule has 0 radical (unpaired) electrons. The predicted octanol–water partition coefficient (Wildman–Crippen LogP) is 0.214. The first kappa shape index (κ1) is 15.1. The average Bonchev–Trinajstić information content (AvgIpc) is 3.03. The van der Waals surface area contributed by atoms with Gasteiger partial charge in [-0.15, -0.1) is 0 Å². The molecule has 8 nitrogen and oxygen atoms in total. The Morgan fingerprint density at radius 2 is 2.12 bits per heavy atom. The Morgan fingerprint density at radius 3 is 2.88 bits per heavy atom. The number of likely N-dealkylation sites (tertiary alicyclic amines) is 1. The maximum absolute atomic E-state index is 6.50. The molecule has 1 unspecified atom stereocenters. The molecule has 0 aliphatic carbocycles. The number of hydrogen-bond acceptors (Lipinski definition) is 7. The van der Waals surface area contributed by atoms with Crippen LogP contribution in [-0.2, 0) is 0 Å². The lowest BCUT2D eigenvalue weighted by atomic mass is 9.89. The number of fused-ring (bicyclic) bond motifs is 1. The van der Waals surface area contributed by atoms with Gasteiger partial charge in [0.1, 0.15) is 11.4 Å². The van der Waals surface area contributed by atoms with Crippen LogP contribution < -0.4 is 16.8 Å². The molecule has 4 heterocycles. The summed E-state index contributed by atoms with van der Waals surface area (Å²) in [6.07, 6.45) is 7.31. The SMILES string of the molecule is CN1CCC(C2(N)N=C(N)C(c3cnc4[nH]ccc4n3)=CN2)CC1. The number of piperidine rings is 1. The highest BCUT2D eigenvalue weighted by Crippen LogP contribution is 2.29. The molecule has 1 atom stereocenters. The van der Waals surface area contributed by atoms with Gasteiger partial charge in [-0.05, 0) is 39.0 Å². The van der Waals surface area contributed by atoms with E-state index >= 15 is 0 Å². The van der Waals surface area contributed by atoms with Crippen molar-refractivity contribution < 1.29 is 0 Å². The van der Waals surface area contributed by atoms with Crippen LogP contribution in [0.15, 0.2) is 29.7 Å². The van der Waals surface area contributed by atoms with Crippen molar-refractivity contribution in [3.63, 3.8) is 0 Å². The van der Waals surface area contributed by atoms with Gasteiger partial charge in [-0.1, -0.05) is 0 Å². The van der Waals surface area contributed by atoms with E-state index in [1.807, 2.05) is 18.5 Å². The molecule has 126 valence electrons. The van der Waals surface area contributed by atoms with Gasteiger partial charge < -0.3 is 20.9 Å². The lowest BCUT2D eigenvalue weighted by Crippen LogP contribution is -2.60. The van der Waals surface area contributed by atoms with Crippen molar-refractivity contribution in [3.05, 3.63) is 30.4 Å². The largest absolute Gasteiger partial charge is 0.383 e. The van der Waals surface area contributed by atoms with E-state index in [4.69, 9.17) is 11.5 Å². The molecule has 2 aromatic rings. The maximum Gasteiger partial charge on any atom is 0.187 e. The number of hydrogen-bond donors (Lipinski definition) is 4. The van der Waals surface area contributed by atoms with E-state index in [0.29, 0.717) is 11.5 Å². The highest BCUT2D eigenvalue weighted by molar-refractivity contribution is 6.22. The second-order valence-electron chi connectivity index (χ2n) is 6.57. The van der Waals surface area contributed by atoms with E-state index < -0.39 is 5.79 Å². The number of rotatable bonds is 2. The number of aromatic amines is 1. The summed E-state index contributed by atoms with van der Waals surface area (Å²) >= 11 is 0. The summed E-state index contributed by atoms with van der Waals surface area (Å²) in [5, 5.41) is 3.26. The van der Waals surface area contributed by atoms with Gasteiger partial charge in [-0.3, -0.25) is 5.73 Å². The fraction of sp³-hybridized carbons (Fsp3) is 0.438. The summed E-state index contributed by atoms with van der Waals surface area (Å²) in [6.45, 7) is 2.04. The molecule has 2 aliphatic heterocycles. The molecule has 4 rings (SSSR count). The van der Waals surface area contributed by atoms with E-state index in [2.05, 4.69) is 37.2 Å². The number of nitrogens with one attached hydrogen (secondary N) is 2. The van der Waals surface area contributed by atoms with Gasteiger partial charge in [-0.25, -0.2) is 15.0 Å². The van der Waals surface area contributed by atoms with Crippen LogP contribution in [0.25, 0.3) is 16.7 Å². The van der Waals surface area contributed by atoms with Crippen LogP contribution in [0.4, 0.5) is 0 Å². The highest BCUT2D eigenvalue weighted by atomic mass is 15.3. The molecule has 0 aromatic carbocycles. The third-order valence-electron chi connectivity index (χ3n) is 4.91. The van der Waals surface area contributed by atoms with Gasteiger partial charge >= 0.3 is 0 Å². The monoisotopic (exact) mass is 326 g/mol. The zero-order chi connectivity index (χ0) is 16.7. The third kappa shape index (κ3) is 2.53. The van der Waals surface area contributed by atoms with Gasteiger partial charge in [0.25, 0.3) is 0 Å². The summed E-state index contributed by atoms with van der Waals surface area (Å²) in [6, 6.07) is 1.88. The van der Waals surface area contributed by atoms with Crippen molar-refractivity contribution in [2.45, 2.75) is 18.6 Å². The summed E-state index contributed by atoms with van der Waals surface area (Å²) in [5.74, 6) is -0.192. The first-order valence-corrected chi connectivity index (χ1v) is 8.17. The first-order chi connectivity index (χ1) is 11.5. The molecule has 1 fully saturated rings. The standard InChI is InChI=1S/C16H22N8/c1-24-6-3-10(4-7-24)16(18)21-8-11(14(17)23-16)13-9-20-15-12(22-13)2-5-19-15/h2,5,8-10,21H,3-4,6-7,18H2,1H3,(H2,17,23)(H,19,20). The second kappa shape index (κ2) is 5.57. The summed E-state index contributed by atoms with van der Waals surface area (Å²) in [7, 11) is 2.12. The first-order valence-electron chi connectivity index (χ1n) is 8.17. The minimum Gasteiger partial charge on any atom is -0.383 e. The normalized spacial score (nSPS) is 26.1. The molecule has 6 N–H and O–H groups in total. The molecule has 0 bridgehead atoms. The Balaban J connectivity index is 1.59. The summed E-state index contributed by atoms with van der Waals surface area (Å²) in [5.41, 5.74) is 15.7. The molecular weight excluding hydrogens is 304 g/mol. The quantitative estimate of drug-likeness (QED) is 0.626. The number of nitrogens with two attached hydrogens (primary N) is 2. The van der Waals surface area contributed by atoms with Crippen LogP contribution in [0.5, 0.6) is 0 Å². The average molecular weight is 326 g/mol. The second-order valence-corrected chi connectivity index (χ2v) is 6.57. The molecular formula is C16H22N8. The predicted molar refractivity (Wildman–Crippen MR) is 93.8 cm³/mol. The Kier molecular flexibility index (Phi) is 3.50. The van der Waals surface area contributed by atoms with Crippen LogP contribution in [0.1, 0.15) is 18.5 Å².